The minimum atomic E-state index is -0.514. The van der Waals surface area contributed by atoms with E-state index < -0.39 is 11.9 Å². The zero-order valence-electron chi connectivity index (χ0n) is 20.2. The van der Waals surface area contributed by atoms with E-state index in [0.717, 1.165) is 20.9 Å². The van der Waals surface area contributed by atoms with Crippen molar-refractivity contribution in [1.82, 2.24) is 9.55 Å². The zero-order valence-corrected chi connectivity index (χ0v) is 21.8. The fraction of sp³-hybridized carbons (Fsp3) is 0.143. The zero-order chi connectivity index (χ0) is 25.9. The lowest BCUT2D eigenvalue weighted by atomic mass is 10.1. The first-order valence-corrected chi connectivity index (χ1v) is 13.3. The van der Waals surface area contributed by atoms with Crippen molar-refractivity contribution in [2.75, 3.05) is 11.9 Å². The number of aromatic nitrogens is 2. The summed E-state index contributed by atoms with van der Waals surface area (Å²) in [6.07, 6.45) is 0. The van der Waals surface area contributed by atoms with Gasteiger partial charge in [-0.05, 0) is 37.1 Å². The number of aryl methyl sites for hydroxylation is 1. The van der Waals surface area contributed by atoms with E-state index in [2.05, 4.69) is 10.3 Å². The second-order valence-corrected chi connectivity index (χ2v) is 10.3. The number of hydrogen-bond donors (Lipinski definition) is 1. The van der Waals surface area contributed by atoms with Gasteiger partial charge in [0.25, 0.3) is 5.56 Å². The van der Waals surface area contributed by atoms with Crippen molar-refractivity contribution in [3.8, 4) is 20.9 Å². The first-order chi connectivity index (χ1) is 17.9. The molecule has 0 radical (unpaired) electrons. The Balaban J connectivity index is 1.44. The minimum absolute atomic E-state index is 0.217. The highest BCUT2D eigenvalue weighted by atomic mass is 32.1. The highest BCUT2D eigenvalue weighted by Crippen LogP contribution is 2.36. The van der Waals surface area contributed by atoms with Crippen LogP contribution in [0, 0.1) is 6.92 Å². The number of rotatable bonds is 7. The molecule has 0 aliphatic rings. The number of anilines is 1. The number of hydrogen-bond acceptors (Lipinski definition) is 7. The Bertz CT molecular complexity index is 1650. The molecule has 1 N–H and O–H groups in total. The summed E-state index contributed by atoms with van der Waals surface area (Å²) in [6.45, 7) is 3.42. The van der Waals surface area contributed by atoms with Gasteiger partial charge < -0.3 is 10.1 Å². The van der Waals surface area contributed by atoms with E-state index in [1.165, 1.54) is 27.2 Å². The smallest absolute Gasteiger partial charge is 0.341 e. The van der Waals surface area contributed by atoms with Gasteiger partial charge in [-0.2, -0.15) is 0 Å². The van der Waals surface area contributed by atoms with E-state index in [1.54, 1.807) is 19.9 Å². The summed E-state index contributed by atoms with van der Waals surface area (Å²) in [5, 5.41) is 3.66. The van der Waals surface area contributed by atoms with Crippen molar-refractivity contribution >= 4 is 49.8 Å². The van der Waals surface area contributed by atoms with Gasteiger partial charge in [-0.15, -0.1) is 22.7 Å². The Kier molecular flexibility index (Phi) is 6.98. The standard InChI is InChI=1S/C28H23N3O4S2/c1-3-35-28(34)21-15-23(19-12-8-5-9-13-19)37-26(21)30-24(32)16-31-17(2)29-25-20(27(31)33)14-22(36-25)18-10-6-4-7-11-18/h4-15H,3,16H2,1-2H3,(H,30,32). The molecule has 2 aromatic carbocycles. The van der Waals surface area contributed by atoms with Gasteiger partial charge in [-0.3, -0.25) is 14.2 Å². The molecule has 0 spiro atoms. The molecule has 0 bridgehead atoms. The van der Waals surface area contributed by atoms with E-state index in [9.17, 15) is 14.4 Å². The summed E-state index contributed by atoms with van der Waals surface area (Å²) in [5.74, 6) is -0.507. The maximum atomic E-state index is 13.3. The van der Waals surface area contributed by atoms with Gasteiger partial charge >= 0.3 is 5.97 Å². The second-order valence-electron chi connectivity index (χ2n) is 8.23. The van der Waals surface area contributed by atoms with E-state index in [-0.39, 0.29) is 24.3 Å². The Hall–Kier alpha value is -4.08. The molecule has 5 rings (SSSR count). The summed E-state index contributed by atoms with van der Waals surface area (Å²) >= 11 is 2.73. The Morgan fingerprint density at radius 1 is 0.946 bits per heavy atom. The number of carbonyl (C=O) groups is 2. The minimum Gasteiger partial charge on any atom is -0.462 e. The third kappa shape index (κ3) is 5.09. The molecule has 0 unspecified atom stereocenters. The number of carbonyl (C=O) groups excluding carboxylic acids is 2. The van der Waals surface area contributed by atoms with E-state index in [4.69, 9.17) is 4.74 Å². The van der Waals surface area contributed by atoms with Crippen LogP contribution in [0.1, 0.15) is 23.1 Å². The van der Waals surface area contributed by atoms with Crippen LogP contribution >= 0.6 is 22.7 Å². The monoisotopic (exact) mass is 529 g/mol. The topological polar surface area (TPSA) is 90.3 Å². The van der Waals surface area contributed by atoms with Crippen LogP contribution in [0.25, 0.3) is 31.1 Å². The first kappa shape index (κ1) is 24.6. The molecule has 5 aromatic rings. The van der Waals surface area contributed by atoms with Crippen LogP contribution in [-0.4, -0.2) is 28.0 Å². The lowest BCUT2D eigenvalue weighted by molar-refractivity contribution is -0.116. The predicted molar refractivity (Wildman–Crippen MR) is 148 cm³/mol. The Morgan fingerprint density at radius 2 is 1.57 bits per heavy atom. The molecule has 186 valence electrons. The van der Waals surface area contributed by atoms with E-state index in [0.29, 0.717) is 21.0 Å². The number of thiophene rings is 2. The third-order valence-corrected chi connectivity index (χ3v) is 7.92. The molecule has 0 atom stereocenters. The quantitative estimate of drug-likeness (QED) is 0.262. The van der Waals surface area contributed by atoms with Crippen molar-refractivity contribution < 1.29 is 14.3 Å². The van der Waals surface area contributed by atoms with Crippen LogP contribution in [-0.2, 0) is 16.1 Å². The normalized spacial score (nSPS) is 11.0. The van der Waals surface area contributed by atoms with Gasteiger partial charge in [-0.25, -0.2) is 9.78 Å². The predicted octanol–water partition coefficient (Wildman–Crippen LogP) is 5.98. The number of nitrogens with zero attached hydrogens (tertiary/aromatic N) is 2. The summed E-state index contributed by atoms with van der Waals surface area (Å²) in [6, 6.07) is 22.9. The molecule has 0 saturated carbocycles. The van der Waals surface area contributed by atoms with Gasteiger partial charge in [-0.1, -0.05) is 60.7 Å². The molecule has 0 saturated heterocycles. The lowest BCUT2D eigenvalue weighted by Crippen LogP contribution is -2.30. The number of fused-ring (bicyclic) bond motifs is 1. The molecule has 0 aliphatic heterocycles. The molecule has 3 heterocycles. The molecular formula is C28H23N3O4S2. The number of amides is 1. The van der Waals surface area contributed by atoms with Crippen LogP contribution in [0.15, 0.2) is 77.6 Å². The molecule has 7 nitrogen and oxygen atoms in total. The van der Waals surface area contributed by atoms with Crippen LogP contribution in [0.3, 0.4) is 0 Å². The van der Waals surface area contributed by atoms with Gasteiger partial charge in [0.15, 0.2) is 0 Å². The number of nitrogens with one attached hydrogen (secondary N) is 1. The van der Waals surface area contributed by atoms with Gasteiger partial charge in [0.05, 0.1) is 17.6 Å². The lowest BCUT2D eigenvalue weighted by Gasteiger charge is -2.10. The fourth-order valence-corrected chi connectivity index (χ4v) is 6.09. The largest absolute Gasteiger partial charge is 0.462 e. The van der Waals surface area contributed by atoms with Crippen molar-refractivity contribution in [1.29, 1.82) is 0 Å². The summed E-state index contributed by atoms with van der Waals surface area (Å²) < 4.78 is 6.55. The van der Waals surface area contributed by atoms with E-state index in [1.807, 2.05) is 66.7 Å². The van der Waals surface area contributed by atoms with Gasteiger partial charge in [0.1, 0.15) is 22.2 Å². The first-order valence-electron chi connectivity index (χ1n) is 11.7. The number of ether oxygens (including phenoxy) is 1. The average Bonchev–Trinajstić information content (AvgIpc) is 3.52. The Morgan fingerprint density at radius 3 is 2.19 bits per heavy atom. The number of benzene rings is 2. The molecular weight excluding hydrogens is 506 g/mol. The van der Waals surface area contributed by atoms with Crippen molar-refractivity contribution in [2.24, 2.45) is 0 Å². The summed E-state index contributed by atoms with van der Waals surface area (Å²) in [5.41, 5.74) is 1.93. The average molecular weight is 530 g/mol. The van der Waals surface area contributed by atoms with Crippen molar-refractivity contribution in [3.63, 3.8) is 0 Å². The fourth-order valence-electron chi connectivity index (χ4n) is 3.95. The Labute approximate surface area is 221 Å². The molecule has 0 fully saturated rings. The van der Waals surface area contributed by atoms with E-state index >= 15 is 0 Å². The summed E-state index contributed by atoms with van der Waals surface area (Å²) in [4.78, 5) is 46.0. The maximum Gasteiger partial charge on any atom is 0.341 e. The van der Waals surface area contributed by atoms with Crippen LogP contribution in [0.2, 0.25) is 0 Å². The van der Waals surface area contributed by atoms with Crippen LogP contribution < -0.4 is 10.9 Å². The molecule has 37 heavy (non-hydrogen) atoms. The van der Waals surface area contributed by atoms with Crippen LogP contribution in [0.5, 0.6) is 0 Å². The van der Waals surface area contributed by atoms with Gasteiger partial charge in [0.2, 0.25) is 5.91 Å². The second kappa shape index (κ2) is 10.5. The third-order valence-electron chi connectivity index (χ3n) is 5.74. The molecule has 3 aromatic heterocycles. The molecule has 0 aliphatic carbocycles. The molecule has 1 amide bonds. The maximum absolute atomic E-state index is 13.3. The highest BCUT2D eigenvalue weighted by Gasteiger charge is 2.21. The highest BCUT2D eigenvalue weighted by molar-refractivity contribution is 7.21. The number of esters is 1. The van der Waals surface area contributed by atoms with Crippen molar-refractivity contribution in [3.05, 3.63) is 94.5 Å². The summed E-state index contributed by atoms with van der Waals surface area (Å²) in [7, 11) is 0. The SMILES string of the molecule is CCOC(=O)c1cc(-c2ccccc2)sc1NC(=O)Cn1c(C)nc2sc(-c3ccccc3)cc2c1=O. The molecule has 9 heteroatoms. The van der Waals surface area contributed by atoms with Gasteiger partial charge in [0, 0.05) is 9.75 Å². The van der Waals surface area contributed by atoms with Crippen LogP contribution in [0.4, 0.5) is 5.00 Å². The van der Waals surface area contributed by atoms with Crippen molar-refractivity contribution in [2.45, 2.75) is 20.4 Å².